The third-order valence-electron chi connectivity index (χ3n) is 7.54. The average molecular weight is 392 g/mol. The van der Waals surface area contributed by atoms with Gasteiger partial charge in [0.15, 0.2) is 0 Å². The first kappa shape index (κ1) is 18.7. The Balaban J connectivity index is 1.37. The maximum atomic E-state index is 12.1. The standard InChI is InChI=1S/C25H29NO3/c1-25-12-11-20-19-10-8-18(28-14-16-5-3-2-4-6-16)13-17(19)7-9-21(20)23(25)22(15-29-25)24(26)27/h2-6,8,10,13,20-23H,7,9,11-12,14-15H2,1H3,(H2,26,27)/t20-,21-,22+,23-,25+/m1/s1. The highest BCUT2D eigenvalue weighted by Gasteiger charge is 2.57. The molecule has 0 unspecified atom stereocenters. The lowest BCUT2D eigenvalue weighted by molar-refractivity contribution is -0.124. The largest absolute Gasteiger partial charge is 0.489 e. The van der Waals surface area contributed by atoms with E-state index in [1.165, 1.54) is 16.7 Å². The maximum Gasteiger partial charge on any atom is 0.223 e. The number of hydrogen-bond donors (Lipinski definition) is 1. The summed E-state index contributed by atoms with van der Waals surface area (Å²) in [7, 11) is 0. The molecule has 2 aromatic carbocycles. The summed E-state index contributed by atoms with van der Waals surface area (Å²) in [6, 6.07) is 16.8. The minimum Gasteiger partial charge on any atom is -0.489 e. The molecule has 0 radical (unpaired) electrons. The Morgan fingerprint density at radius 2 is 2.03 bits per heavy atom. The zero-order valence-corrected chi connectivity index (χ0v) is 17.0. The first-order valence-corrected chi connectivity index (χ1v) is 10.8. The van der Waals surface area contributed by atoms with Crippen molar-refractivity contribution in [3.8, 4) is 5.75 Å². The van der Waals surface area contributed by atoms with E-state index in [0.717, 1.165) is 31.4 Å². The minimum absolute atomic E-state index is 0.150. The molecule has 4 heteroatoms. The highest BCUT2D eigenvalue weighted by atomic mass is 16.5. The average Bonchev–Trinajstić information content (AvgIpc) is 3.10. The monoisotopic (exact) mass is 391 g/mol. The minimum atomic E-state index is -0.199. The molecule has 5 rings (SSSR count). The summed E-state index contributed by atoms with van der Waals surface area (Å²) in [4.78, 5) is 12.1. The number of primary amides is 1. The number of rotatable bonds is 4. The molecule has 1 heterocycles. The van der Waals surface area contributed by atoms with E-state index in [4.69, 9.17) is 15.2 Å². The van der Waals surface area contributed by atoms with Crippen LogP contribution in [-0.4, -0.2) is 18.1 Å². The van der Waals surface area contributed by atoms with Gasteiger partial charge < -0.3 is 15.2 Å². The summed E-state index contributed by atoms with van der Waals surface area (Å²) in [5, 5.41) is 0. The Hall–Kier alpha value is -2.33. The molecule has 5 atom stereocenters. The van der Waals surface area contributed by atoms with Crippen molar-refractivity contribution in [2.24, 2.45) is 23.5 Å². The van der Waals surface area contributed by atoms with Crippen molar-refractivity contribution >= 4 is 5.91 Å². The van der Waals surface area contributed by atoms with E-state index in [1.54, 1.807) is 0 Å². The van der Waals surface area contributed by atoms with Crippen molar-refractivity contribution in [1.82, 2.24) is 0 Å². The van der Waals surface area contributed by atoms with Crippen LogP contribution in [0.15, 0.2) is 48.5 Å². The number of carbonyl (C=O) groups is 1. The third-order valence-corrected chi connectivity index (χ3v) is 7.54. The van der Waals surface area contributed by atoms with Crippen molar-refractivity contribution in [3.05, 3.63) is 65.2 Å². The summed E-state index contributed by atoms with van der Waals surface area (Å²) < 4.78 is 12.2. The summed E-state index contributed by atoms with van der Waals surface area (Å²) >= 11 is 0. The molecule has 2 aliphatic carbocycles. The first-order valence-electron chi connectivity index (χ1n) is 10.8. The highest BCUT2D eigenvalue weighted by Crippen LogP contribution is 2.57. The summed E-state index contributed by atoms with van der Waals surface area (Å²) in [5.41, 5.74) is 9.56. The van der Waals surface area contributed by atoms with E-state index in [-0.39, 0.29) is 23.3 Å². The summed E-state index contributed by atoms with van der Waals surface area (Å²) in [6.45, 7) is 3.26. The second-order valence-electron chi connectivity index (χ2n) is 9.14. The van der Waals surface area contributed by atoms with Gasteiger partial charge in [0.25, 0.3) is 0 Å². The van der Waals surface area contributed by atoms with Gasteiger partial charge in [0.1, 0.15) is 12.4 Å². The summed E-state index contributed by atoms with van der Waals surface area (Å²) in [5.74, 6) is 1.78. The van der Waals surface area contributed by atoms with Gasteiger partial charge in [-0.25, -0.2) is 0 Å². The molecule has 0 spiro atoms. The van der Waals surface area contributed by atoms with Gasteiger partial charge in [-0.1, -0.05) is 36.4 Å². The quantitative estimate of drug-likeness (QED) is 0.849. The number of benzene rings is 2. The first-order chi connectivity index (χ1) is 14.0. The van der Waals surface area contributed by atoms with Crippen LogP contribution in [0.25, 0.3) is 0 Å². The van der Waals surface area contributed by atoms with E-state index in [1.807, 2.05) is 18.2 Å². The molecule has 152 valence electrons. The molecule has 2 fully saturated rings. The maximum absolute atomic E-state index is 12.1. The van der Waals surface area contributed by atoms with Crippen LogP contribution in [0.4, 0.5) is 0 Å². The topological polar surface area (TPSA) is 61.5 Å². The smallest absolute Gasteiger partial charge is 0.223 e. The fraction of sp³-hybridized carbons (Fsp3) is 0.480. The lowest BCUT2D eigenvalue weighted by Gasteiger charge is -2.49. The molecule has 0 aromatic heterocycles. The number of aryl methyl sites for hydroxylation is 1. The van der Waals surface area contributed by atoms with E-state index in [2.05, 4.69) is 37.3 Å². The van der Waals surface area contributed by atoms with Crippen molar-refractivity contribution < 1.29 is 14.3 Å². The van der Waals surface area contributed by atoms with Crippen molar-refractivity contribution in [1.29, 1.82) is 0 Å². The second-order valence-corrected chi connectivity index (χ2v) is 9.14. The molecular weight excluding hydrogens is 362 g/mol. The van der Waals surface area contributed by atoms with E-state index in [9.17, 15) is 4.79 Å². The molecule has 2 aromatic rings. The van der Waals surface area contributed by atoms with Crippen molar-refractivity contribution in [3.63, 3.8) is 0 Å². The molecule has 3 aliphatic rings. The normalized spacial score (nSPS) is 32.7. The molecule has 29 heavy (non-hydrogen) atoms. The van der Waals surface area contributed by atoms with Crippen molar-refractivity contribution in [2.75, 3.05) is 6.61 Å². The molecule has 1 aliphatic heterocycles. The lowest BCUT2D eigenvalue weighted by atomic mass is 9.56. The van der Waals surface area contributed by atoms with Gasteiger partial charge in [0.2, 0.25) is 5.91 Å². The van der Waals surface area contributed by atoms with E-state index >= 15 is 0 Å². The van der Waals surface area contributed by atoms with E-state index < -0.39 is 0 Å². The molecule has 4 nitrogen and oxygen atoms in total. The molecule has 2 N–H and O–H groups in total. The van der Waals surface area contributed by atoms with Gasteiger partial charge in [-0.15, -0.1) is 0 Å². The van der Waals surface area contributed by atoms with Gasteiger partial charge in [-0.2, -0.15) is 0 Å². The number of hydrogen-bond acceptors (Lipinski definition) is 3. The summed E-state index contributed by atoms with van der Waals surface area (Å²) in [6.07, 6.45) is 4.22. The lowest BCUT2D eigenvalue weighted by Crippen LogP contribution is -2.48. The zero-order chi connectivity index (χ0) is 20.0. The molecular formula is C25H29NO3. The van der Waals surface area contributed by atoms with Gasteiger partial charge in [-0.05, 0) is 73.3 Å². The van der Waals surface area contributed by atoms with E-state index in [0.29, 0.717) is 25.0 Å². The molecule has 1 saturated carbocycles. The second kappa shape index (κ2) is 7.17. The molecule has 0 bridgehead atoms. The van der Waals surface area contributed by atoms with Crippen LogP contribution >= 0.6 is 0 Å². The SMILES string of the molecule is C[C@]12CC[C@@H]3c4ccc(OCc5ccccc5)cc4CC[C@H]3[C@@H]1[C@@H](C(N)=O)CO2. The third kappa shape index (κ3) is 3.24. The van der Waals surface area contributed by atoms with Crippen LogP contribution in [0.2, 0.25) is 0 Å². The van der Waals surface area contributed by atoms with Crippen LogP contribution in [0.1, 0.15) is 48.8 Å². The Labute approximate surface area is 172 Å². The van der Waals surface area contributed by atoms with Crippen LogP contribution in [0.5, 0.6) is 5.75 Å². The molecule has 1 amide bonds. The fourth-order valence-corrected chi connectivity index (χ4v) is 6.14. The highest BCUT2D eigenvalue weighted by molar-refractivity contribution is 5.77. The number of amides is 1. The van der Waals surface area contributed by atoms with Gasteiger partial charge >= 0.3 is 0 Å². The van der Waals surface area contributed by atoms with Gasteiger partial charge in [0, 0.05) is 5.92 Å². The van der Waals surface area contributed by atoms with Gasteiger partial charge in [-0.3, -0.25) is 4.79 Å². The Bertz CT molecular complexity index is 912. The Morgan fingerprint density at radius 3 is 2.83 bits per heavy atom. The number of ether oxygens (including phenoxy) is 2. The Morgan fingerprint density at radius 1 is 1.21 bits per heavy atom. The van der Waals surface area contributed by atoms with Crippen LogP contribution in [0, 0.1) is 17.8 Å². The predicted octanol–water partition coefficient (Wildman–Crippen LogP) is 4.21. The zero-order valence-electron chi connectivity index (χ0n) is 17.0. The molecule has 1 saturated heterocycles. The predicted molar refractivity (Wildman–Crippen MR) is 112 cm³/mol. The van der Waals surface area contributed by atoms with Crippen LogP contribution in [-0.2, 0) is 22.6 Å². The number of nitrogens with two attached hydrogens (primary N) is 1. The number of fused-ring (bicyclic) bond motifs is 5. The fourth-order valence-electron chi connectivity index (χ4n) is 6.14. The van der Waals surface area contributed by atoms with Crippen LogP contribution in [0.3, 0.4) is 0 Å². The van der Waals surface area contributed by atoms with Crippen LogP contribution < -0.4 is 10.5 Å². The van der Waals surface area contributed by atoms with Crippen molar-refractivity contribution in [2.45, 2.75) is 50.7 Å². The van der Waals surface area contributed by atoms with Gasteiger partial charge in [0.05, 0.1) is 18.1 Å². The number of carbonyl (C=O) groups excluding carboxylic acids is 1. The Kier molecular flexibility index (Phi) is 4.62.